The first-order valence-corrected chi connectivity index (χ1v) is 21.5. The van der Waals surface area contributed by atoms with Crippen molar-refractivity contribution >= 4 is 22.6 Å². The Kier molecular flexibility index (Phi) is 8.93. The summed E-state index contributed by atoms with van der Waals surface area (Å²) in [6.07, 6.45) is 11.1. The van der Waals surface area contributed by atoms with Crippen molar-refractivity contribution in [3.63, 3.8) is 0 Å². The predicted octanol–water partition coefficient (Wildman–Crippen LogP) is 11.0. The minimum absolute atomic E-state index is 0.0321. The molecule has 3 saturated carbocycles. The number of aliphatic hydroxyl groups is 2. The Labute approximate surface area is 347 Å². The van der Waals surface area contributed by atoms with Crippen LogP contribution in [0.2, 0.25) is 0 Å². The summed E-state index contributed by atoms with van der Waals surface area (Å²) in [4.78, 5) is 31.6. The zero-order valence-electron chi connectivity index (χ0n) is 34.0. The molecule has 8 atom stereocenters. The number of rotatable bonds is 8. The molecule has 11 rings (SSSR count). The molecule has 300 valence electrons. The molecule has 6 aliphatic rings. The van der Waals surface area contributed by atoms with Gasteiger partial charge in [0.15, 0.2) is 5.78 Å². The number of hydrogen-bond acceptors (Lipinski definition) is 5. The normalized spacial score (nSPS) is 32.7. The third-order valence-electron chi connectivity index (χ3n) is 16.1. The van der Waals surface area contributed by atoms with E-state index in [2.05, 4.69) is 44.2 Å². The highest BCUT2D eigenvalue weighted by molar-refractivity contribution is 6.14. The van der Waals surface area contributed by atoms with Crippen molar-refractivity contribution in [1.82, 2.24) is 4.90 Å². The van der Waals surface area contributed by atoms with E-state index >= 15 is 4.79 Å². The molecule has 0 heterocycles. The molecular weight excluding hydrogens is 731 g/mol. The van der Waals surface area contributed by atoms with Gasteiger partial charge in [-0.1, -0.05) is 147 Å². The van der Waals surface area contributed by atoms with E-state index < -0.39 is 34.0 Å². The van der Waals surface area contributed by atoms with E-state index in [1.54, 1.807) is 4.90 Å². The number of fused-ring (bicyclic) bond motifs is 2. The fraction of sp³-hybridized carbons (Fsp3) is 0.358. The van der Waals surface area contributed by atoms with Gasteiger partial charge in [-0.3, -0.25) is 4.79 Å². The number of ketones is 1. The van der Waals surface area contributed by atoms with Gasteiger partial charge in [0.25, 0.3) is 0 Å². The maximum absolute atomic E-state index is 15.6. The van der Waals surface area contributed by atoms with Crippen molar-refractivity contribution in [2.75, 3.05) is 6.54 Å². The lowest BCUT2D eigenvalue weighted by atomic mass is 9.32. The molecule has 2 N–H and O–H groups in total. The second-order valence-corrected chi connectivity index (χ2v) is 18.8. The van der Waals surface area contributed by atoms with Crippen molar-refractivity contribution in [1.29, 1.82) is 0 Å². The topological polar surface area (TPSA) is 87.1 Å². The van der Waals surface area contributed by atoms with Crippen LogP contribution in [0.1, 0.15) is 74.7 Å². The number of carbonyl (C=O) groups is 2. The quantitative estimate of drug-likeness (QED) is 0.121. The largest absolute Gasteiger partial charge is 0.415 e. The Morgan fingerprint density at radius 2 is 1.39 bits per heavy atom. The van der Waals surface area contributed by atoms with Crippen molar-refractivity contribution in [2.24, 2.45) is 33.5 Å². The molecule has 59 heavy (non-hydrogen) atoms. The zero-order chi connectivity index (χ0) is 40.6. The highest BCUT2D eigenvalue weighted by Crippen LogP contribution is 2.78. The summed E-state index contributed by atoms with van der Waals surface area (Å²) in [5.74, 6) is 0.580. The van der Waals surface area contributed by atoms with Gasteiger partial charge in [-0.15, -0.1) is 0 Å². The molecule has 2 spiro atoms. The highest BCUT2D eigenvalue weighted by Gasteiger charge is 2.74. The van der Waals surface area contributed by atoms with E-state index in [1.807, 2.05) is 115 Å². The van der Waals surface area contributed by atoms with Crippen LogP contribution < -0.4 is 4.74 Å². The predicted molar refractivity (Wildman–Crippen MR) is 232 cm³/mol. The van der Waals surface area contributed by atoms with Crippen LogP contribution in [0.25, 0.3) is 21.9 Å². The third-order valence-corrected chi connectivity index (χ3v) is 16.1. The summed E-state index contributed by atoms with van der Waals surface area (Å²) < 4.78 is 6.13. The van der Waals surface area contributed by atoms with Gasteiger partial charge < -0.3 is 19.8 Å². The Balaban J connectivity index is 1.04. The van der Waals surface area contributed by atoms with Gasteiger partial charge >= 0.3 is 6.09 Å². The van der Waals surface area contributed by atoms with Crippen LogP contribution in [0, 0.1) is 33.5 Å². The molecule has 0 aliphatic heterocycles. The third kappa shape index (κ3) is 5.73. The molecular formula is C53H53NO5. The number of ether oxygens (including phenoxy) is 1. The minimum Gasteiger partial charge on any atom is -0.410 e. The summed E-state index contributed by atoms with van der Waals surface area (Å²) in [5.41, 5.74) is 1.23. The van der Waals surface area contributed by atoms with Gasteiger partial charge in [-0.25, -0.2) is 4.79 Å². The van der Waals surface area contributed by atoms with Crippen LogP contribution in [0.3, 0.4) is 0 Å². The number of amides is 1. The Morgan fingerprint density at radius 3 is 2.19 bits per heavy atom. The summed E-state index contributed by atoms with van der Waals surface area (Å²) >= 11 is 0. The van der Waals surface area contributed by atoms with Crippen LogP contribution in [0.15, 0.2) is 151 Å². The average Bonchev–Trinajstić information content (AvgIpc) is 3.53. The summed E-state index contributed by atoms with van der Waals surface area (Å²) in [7, 11) is 0. The number of benzene rings is 5. The molecule has 8 unspecified atom stereocenters. The van der Waals surface area contributed by atoms with Crippen molar-refractivity contribution < 1.29 is 24.5 Å². The molecule has 5 aromatic rings. The lowest BCUT2D eigenvalue weighted by Crippen LogP contribution is -2.67. The summed E-state index contributed by atoms with van der Waals surface area (Å²) in [6.45, 7) is 5.02. The lowest BCUT2D eigenvalue weighted by Gasteiger charge is -2.71. The maximum Gasteiger partial charge on any atom is 0.415 e. The van der Waals surface area contributed by atoms with E-state index in [9.17, 15) is 15.0 Å². The molecule has 3 fully saturated rings. The summed E-state index contributed by atoms with van der Waals surface area (Å²) in [5, 5.41) is 26.6. The van der Waals surface area contributed by atoms with E-state index in [0.717, 1.165) is 58.7 Å². The molecule has 6 aliphatic carbocycles. The first kappa shape index (κ1) is 37.9. The van der Waals surface area contributed by atoms with Crippen LogP contribution in [-0.4, -0.2) is 45.2 Å². The second kappa shape index (κ2) is 13.9. The van der Waals surface area contributed by atoms with Gasteiger partial charge in [-0.2, -0.15) is 0 Å². The Bertz CT molecular complexity index is 2510. The number of allylic oxidation sites excluding steroid dienone is 4. The maximum atomic E-state index is 15.6. The van der Waals surface area contributed by atoms with E-state index in [1.165, 1.54) is 0 Å². The number of aliphatic hydroxyl groups excluding tert-OH is 1. The van der Waals surface area contributed by atoms with Crippen LogP contribution in [0.4, 0.5) is 4.79 Å². The van der Waals surface area contributed by atoms with E-state index in [-0.39, 0.29) is 36.1 Å². The van der Waals surface area contributed by atoms with Crippen LogP contribution >= 0.6 is 0 Å². The SMILES string of the molecule is CC12CCC(O)CC13C=CC1(C(C(=O)c4ccccc4-c4ccccc4)=C3)C2CCC2(C)C1CCC2(O)CN(Cc1ccccc1)C(=O)Oc1ccc2ccccc2c1. The molecule has 0 radical (unpaired) electrons. The van der Waals surface area contributed by atoms with E-state index in [4.69, 9.17) is 4.74 Å². The average molecular weight is 784 g/mol. The van der Waals surface area contributed by atoms with Gasteiger partial charge in [-0.05, 0) is 102 Å². The minimum atomic E-state index is -1.26. The zero-order valence-corrected chi connectivity index (χ0v) is 34.0. The first-order valence-electron chi connectivity index (χ1n) is 21.5. The molecule has 0 saturated heterocycles. The monoisotopic (exact) mass is 783 g/mol. The van der Waals surface area contributed by atoms with Crippen LogP contribution in [0.5, 0.6) is 5.75 Å². The summed E-state index contributed by atoms with van der Waals surface area (Å²) in [6, 6.07) is 41.7. The van der Waals surface area contributed by atoms with Crippen LogP contribution in [-0.2, 0) is 6.54 Å². The Morgan fingerprint density at radius 1 is 0.729 bits per heavy atom. The number of Topliss-reactive ketones (excluding diaryl/α,β-unsaturated/α-hetero) is 1. The lowest BCUT2D eigenvalue weighted by molar-refractivity contribution is -0.175. The Hall–Kier alpha value is -5.30. The number of nitrogens with zero attached hydrogens (tertiary/aromatic N) is 1. The van der Waals surface area contributed by atoms with Gasteiger partial charge in [0.2, 0.25) is 0 Å². The smallest absolute Gasteiger partial charge is 0.410 e. The molecule has 5 aromatic carbocycles. The number of carbonyl (C=O) groups excluding carboxylic acids is 2. The second-order valence-electron chi connectivity index (χ2n) is 18.8. The van der Waals surface area contributed by atoms with E-state index in [0.29, 0.717) is 30.6 Å². The fourth-order valence-electron chi connectivity index (χ4n) is 13.0. The fourth-order valence-corrected chi connectivity index (χ4v) is 13.0. The number of hydrogen-bond donors (Lipinski definition) is 2. The molecule has 2 bridgehead atoms. The standard InChI is InChI=1S/C53H53NO5/c1-49-26-23-40(55)32-51(49)29-30-53(44(33-51)47(56)43-20-12-11-19-42(43)38-16-7-4-8-17-38)45(49)24-27-50(2)46(53)25-28-52(50,58)35-54(34-36-13-5-3-6-14-36)48(57)59-41-22-21-37-15-9-10-18-39(37)31-41/h3-22,29-31,33,40,45-46,55,58H,23-28,32,34-35H2,1-2H3. The van der Waals surface area contributed by atoms with Crippen molar-refractivity contribution in [2.45, 2.75) is 77.0 Å². The molecule has 1 amide bonds. The first-order chi connectivity index (χ1) is 28.5. The highest BCUT2D eigenvalue weighted by atomic mass is 16.6. The van der Waals surface area contributed by atoms with Crippen molar-refractivity contribution in [3.05, 3.63) is 162 Å². The van der Waals surface area contributed by atoms with Crippen molar-refractivity contribution in [3.8, 4) is 16.9 Å². The van der Waals surface area contributed by atoms with Gasteiger partial charge in [0, 0.05) is 33.9 Å². The molecule has 6 heteroatoms. The molecule has 0 aromatic heterocycles. The van der Waals surface area contributed by atoms with Gasteiger partial charge in [0.05, 0.1) is 18.2 Å². The van der Waals surface area contributed by atoms with Gasteiger partial charge in [0.1, 0.15) is 5.75 Å². The molecule has 6 nitrogen and oxygen atoms in total.